The average molecular weight is 291 g/mol. The SMILES string of the molecule is COc1ccc(C(C)(C)C(=O)N2CCC(C(C)O)C2)cc1. The molecular formula is C17H25NO3. The lowest BCUT2D eigenvalue weighted by Crippen LogP contribution is -2.42. The highest BCUT2D eigenvalue weighted by Gasteiger charge is 2.38. The summed E-state index contributed by atoms with van der Waals surface area (Å²) in [6.45, 7) is 7.08. The van der Waals surface area contributed by atoms with Gasteiger partial charge in [-0.1, -0.05) is 12.1 Å². The van der Waals surface area contributed by atoms with Crippen LogP contribution >= 0.6 is 0 Å². The number of aliphatic hydroxyl groups excluding tert-OH is 1. The van der Waals surface area contributed by atoms with Crippen molar-refractivity contribution >= 4 is 5.91 Å². The third-order valence-electron chi connectivity index (χ3n) is 4.54. The Labute approximate surface area is 126 Å². The smallest absolute Gasteiger partial charge is 0.232 e. The van der Waals surface area contributed by atoms with Gasteiger partial charge in [-0.05, 0) is 44.9 Å². The summed E-state index contributed by atoms with van der Waals surface area (Å²) in [5.74, 6) is 1.11. The molecule has 0 radical (unpaired) electrons. The summed E-state index contributed by atoms with van der Waals surface area (Å²) < 4.78 is 5.16. The minimum Gasteiger partial charge on any atom is -0.497 e. The molecule has 0 bridgehead atoms. The second kappa shape index (κ2) is 6.06. The third kappa shape index (κ3) is 3.21. The van der Waals surface area contributed by atoms with E-state index in [1.54, 1.807) is 14.0 Å². The second-order valence-corrected chi connectivity index (χ2v) is 6.39. The van der Waals surface area contributed by atoms with E-state index in [9.17, 15) is 9.90 Å². The van der Waals surface area contributed by atoms with Gasteiger partial charge in [0.25, 0.3) is 0 Å². The van der Waals surface area contributed by atoms with Crippen LogP contribution in [-0.2, 0) is 10.2 Å². The maximum Gasteiger partial charge on any atom is 0.232 e. The average Bonchev–Trinajstić information content (AvgIpc) is 2.96. The van der Waals surface area contributed by atoms with Gasteiger partial charge in [0.15, 0.2) is 0 Å². The number of carbonyl (C=O) groups excluding carboxylic acids is 1. The van der Waals surface area contributed by atoms with Crippen molar-refractivity contribution < 1.29 is 14.6 Å². The molecule has 0 aliphatic carbocycles. The van der Waals surface area contributed by atoms with Crippen LogP contribution in [0.4, 0.5) is 0 Å². The summed E-state index contributed by atoms with van der Waals surface area (Å²) in [6, 6.07) is 7.65. The maximum absolute atomic E-state index is 12.8. The van der Waals surface area contributed by atoms with E-state index < -0.39 is 5.41 Å². The van der Waals surface area contributed by atoms with Gasteiger partial charge in [0, 0.05) is 19.0 Å². The molecule has 0 spiro atoms. The number of carbonyl (C=O) groups is 1. The van der Waals surface area contributed by atoms with Crippen molar-refractivity contribution in [1.29, 1.82) is 0 Å². The van der Waals surface area contributed by atoms with Gasteiger partial charge in [-0.25, -0.2) is 0 Å². The van der Waals surface area contributed by atoms with E-state index in [4.69, 9.17) is 4.74 Å². The van der Waals surface area contributed by atoms with Crippen molar-refractivity contribution in [2.75, 3.05) is 20.2 Å². The standard InChI is InChI=1S/C17H25NO3/c1-12(19)13-9-10-18(11-13)16(20)17(2,3)14-5-7-15(21-4)8-6-14/h5-8,12-13,19H,9-11H2,1-4H3. The minimum atomic E-state index is -0.570. The minimum absolute atomic E-state index is 0.121. The fourth-order valence-corrected chi connectivity index (χ4v) is 2.89. The first-order chi connectivity index (χ1) is 9.86. The summed E-state index contributed by atoms with van der Waals surface area (Å²) in [6.07, 6.45) is 0.522. The first-order valence-electron chi connectivity index (χ1n) is 7.48. The monoisotopic (exact) mass is 291 g/mol. The zero-order chi connectivity index (χ0) is 15.6. The van der Waals surface area contributed by atoms with Gasteiger partial charge < -0.3 is 14.7 Å². The lowest BCUT2D eigenvalue weighted by Gasteiger charge is -2.30. The number of methoxy groups -OCH3 is 1. The van der Waals surface area contributed by atoms with Gasteiger partial charge in [0.1, 0.15) is 5.75 Å². The second-order valence-electron chi connectivity index (χ2n) is 6.39. The van der Waals surface area contributed by atoms with E-state index in [0.717, 1.165) is 24.3 Å². The molecule has 1 amide bonds. The summed E-state index contributed by atoms with van der Waals surface area (Å²) >= 11 is 0. The van der Waals surface area contributed by atoms with Crippen LogP contribution in [0.3, 0.4) is 0 Å². The molecular weight excluding hydrogens is 266 g/mol. The maximum atomic E-state index is 12.8. The predicted molar refractivity (Wildman–Crippen MR) is 82.4 cm³/mol. The molecule has 0 aromatic heterocycles. The summed E-state index contributed by atoms with van der Waals surface area (Å²) in [5, 5.41) is 9.68. The molecule has 116 valence electrons. The molecule has 2 unspecified atom stereocenters. The largest absolute Gasteiger partial charge is 0.497 e. The van der Waals surface area contributed by atoms with Gasteiger partial charge in [0.2, 0.25) is 5.91 Å². The molecule has 4 nitrogen and oxygen atoms in total. The first-order valence-corrected chi connectivity index (χ1v) is 7.48. The van der Waals surface area contributed by atoms with E-state index in [-0.39, 0.29) is 17.9 Å². The number of amides is 1. The molecule has 1 aliphatic heterocycles. The highest BCUT2D eigenvalue weighted by atomic mass is 16.5. The fraction of sp³-hybridized carbons (Fsp3) is 0.588. The van der Waals surface area contributed by atoms with E-state index in [1.807, 2.05) is 43.0 Å². The molecule has 1 N–H and O–H groups in total. The topological polar surface area (TPSA) is 49.8 Å². The first kappa shape index (κ1) is 15.8. The fourth-order valence-electron chi connectivity index (χ4n) is 2.89. The Bertz CT molecular complexity index is 493. The van der Waals surface area contributed by atoms with Gasteiger partial charge in [0.05, 0.1) is 18.6 Å². The number of hydrogen-bond acceptors (Lipinski definition) is 3. The highest BCUT2D eigenvalue weighted by molar-refractivity contribution is 5.87. The number of rotatable bonds is 4. The van der Waals surface area contributed by atoms with Gasteiger partial charge >= 0.3 is 0 Å². The quantitative estimate of drug-likeness (QED) is 0.925. The summed E-state index contributed by atoms with van der Waals surface area (Å²) in [7, 11) is 1.63. The Morgan fingerprint density at radius 1 is 1.38 bits per heavy atom. The van der Waals surface area contributed by atoms with Crippen LogP contribution in [0.5, 0.6) is 5.75 Å². The summed E-state index contributed by atoms with van der Waals surface area (Å²) in [5.41, 5.74) is 0.411. The molecule has 1 aromatic rings. The zero-order valence-electron chi connectivity index (χ0n) is 13.3. The van der Waals surface area contributed by atoms with Crippen molar-refractivity contribution in [3.05, 3.63) is 29.8 Å². The molecule has 1 heterocycles. The molecule has 2 atom stereocenters. The highest BCUT2D eigenvalue weighted by Crippen LogP contribution is 2.30. The molecule has 1 fully saturated rings. The Balaban J connectivity index is 2.13. The third-order valence-corrected chi connectivity index (χ3v) is 4.54. The molecule has 1 aromatic carbocycles. The van der Waals surface area contributed by atoms with Crippen LogP contribution in [0, 0.1) is 5.92 Å². The van der Waals surface area contributed by atoms with Crippen LogP contribution in [0.25, 0.3) is 0 Å². The number of likely N-dealkylation sites (tertiary alicyclic amines) is 1. The van der Waals surface area contributed by atoms with Crippen molar-refractivity contribution in [1.82, 2.24) is 4.90 Å². The lowest BCUT2D eigenvalue weighted by atomic mass is 9.83. The molecule has 0 saturated carbocycles. The van der Waals surface area contributed by atoms with Gasteiger partial charge in [-0.2, -0.15) is 0 Å². The Morgan fingerprint density at radius 3 is 2.48 bits per heavy atom. The van der Waals surface area contributed by atoms with E-state index in [1.165, 1.54) is 0 Å². The van der Waals surface area contributed by atoms with Crippen LogP contribution in [0.2, 0.25) is 0 Å². The van der Waals surface area contributed by atoms with E-state index >= 15 is 0 Å². The normalized spacial score (nSPS) is 20.4. The van der Waals surface area contributed by atoms with Crippen LogP contribution < -0.4 is 4.74 Å². The molecule has 21 heavy (non-hydrogen) atoms. The van der Waals surface area contributed by atoms with E-state index in [2.05, 4.69) is 0 Å². The number of ether oxygens (including phenoxy) is 1. The van der Waals surface area contributed by atoms with Crippen LogP contribution in [0.1, 0.15) is 32.8 Å². The Hall–Kier alpha value is -1.55. The van der Waals surface area contributed by atoms with Crippen molar-refractivity contribution in [3.8, 4) is 5.75 Å². The van der Waals surface area contributed by atoms with Crippen molar-refractivity contribution in [3.63, 3.8) is 0 Å². The number of nitrogens with zero attached hydrogens (tertiary/aromatic N) is 1. The summed E-state index contributed by atoms with van der Waals surface area (Å²) in [4.78, 5) is 14.7. The Morgan fingerprint density at radius 2 is 2.00 bits per heavy atom. The number of hydrogen-bond donors (Lipinski definition) is 1. The molecule has 1 aliphatic rings. The van der Waals surface area contributed by atoms with Gasteiger partial charge in [-0.3, -0.25) is 4.79 Å². The van der Waals surface area contributed by atoms with Gasteiger partial charge in [-0.15, -0.1) is 0 Å². The lowest BCUT2D eigenvalue weighted by molar-refractivity contribution is -0.135. The molecule has 1 saturated heterocycles. The predicted octanol–water partition coefficient (Wildman–Crippen LogP) is 2.20. The zero-order valence-corrected chi connectivity index (χ0v) is 13.3. The molecule has 4 heteroatoms. The van der Waals surface area contributed by atoms with E-state index in [0.29, 0.717) is 6.54 Å². The Kier molecular flexibility index (Phi) is 4.57. The molecule has 2 rings (SSSR count). The number of aliphatic hydroxyl groups is 1. The number of benzene rings is 1. The van der Waals surface area contributed by atoms with Crippen LogP contribution in [0.15, 0.2) is 24.3 Å². The van der Waals surface area contributed by atoms with Crippen LogP contribution in [-0.4, -0.2) is 42.2 Å². The van der Waals surface area contributed by atoms with Crippen molar-refractivity contribution in [2.24, 2.45) is 5.92 Å². The van der Waals surface area contributed by atoms with Crippen molar-refractivity contribution in [2.45, 2.75) is 38.7 Å².